The highest BCUT2D eigenvalue weighted by atomic mass is 16.8. The van der Waals surface area contributed by atoms with Gasteiger partial charge in [-0.3, -0.25) is 0 Å². The van der Waals surface area contributed by atoms with E-state index in [0.29, 0.717) is 0 Å². The fourth-order valence-corrected chi connectivity index (χ4v) is 11.4. The van der Waals surface area contributed by atoms with Crippen molar-refractivity contribution in [3.63, 3.8) is 0 Å². The minimum Gasteiger partial charge on any atom is -0.369 e. The summed E-state index contributed by atoms with van der Waals surface area (Å²) in [4.78, 5) is 0. The molecule has 0 aromatic rings. The van der Waals surface area contributed by atoms with E-state index in [0.717, 1.165) is 64.2 Å². The fraction of sp³-hybridized carbons (Fsp3) is 1.00. The van der Waals surface area contributed by atoms with Gasteiger partial charge < -0.3 is 33.2 Å². The Bertz CT molecular complexity index is 957. The maximum absolute atomic E-state index is 7.67. The molecule has 12 atom stereocenters. The van der Waals surface area contributed by atoms with Crippen LogP contribution in [0.4, 0.5) is 0 Å². The van der Waals surface area contributed by atoms with Crippen LogP contribution in [-0.2, 0) is 33.2 Å². The van der Waals surface area contributed by atoms with Crippen molar-refractivity contribution in [1.29, 1.82) is 0 Å². The van der Waals surface area contributed by atoms with Gasteiger partial charge in [-0.1, -0.05) is 104 Å². The van der Waals surface area contributed by atoms with Gasteiger partial charge in [-0.05, 0) is 54.4 Å². The van der Waals surface area contributed by atoms with Crippen LogP contribution in [0.25, 0.3) is 0 Å². The summed E-state index contributed by atoms with van der Waals surface area (Å²) in [6.45, 7) is 17.7. The van der Waals surface area contributed by atoms with Gasteiger partial charge in [-0.2, -0.15) is 0 Å². The zero-order valence-electron chi connectivity index (χ0n) is 32.9. The second kappa shape index (κ2) is 15.2. The van der Waals surface area contributed by atoms with E-state index in [1.54, 1.807) is 0 Å². The highest BCUT2D eigenvalue weighted by molar-refractivity contribution is 5.26. The van der Waals surface area contributed by atoms with Crippen LogP contribution in [0.3, 0.4) is 0 Å². The lowest BCUT2D eigenvalue weighted by atomic mass is 9.58. The van der Waals surface area contributed by atoms with Gasteiger partial charge in [-0.15, -0.1) is 0 Å². The van der Waals surface area contributed by atoms with Crippen LogP contribution in [-0.4, -0.2) is 70.6 Å². The van der Waals surface area contributed by atoms with Gasteiger partial charge in [0.05, 0.1) is 36.6 Å². The molecule has 6 aliphatic heterocycles. The third-order valence-electron chi connectivity index (χ3n) is 13.3. The van der Waals surface area contributed by atoms with E-state index in [1.807, 2.05) is 0 Å². The molecule has 6 rings (SSSR count). The Morgan fingerprint density at radius 2 is 0.653 bits per heavy atom. The highest BCUT2D eigenvalue weighted by Crippen LogP contribution is 2.69. The van der Waals surface area contributed by atoms with Crippen LogP contribution >= 0.6 is 0 Å². The summed E-state index contributed by atoms with van der Waals surface area (Å²) in [5, 5.41) is 0. The maximum Gasteiger partial charge on any atom is 0.206 e. The zero-order valence-corrected chi connectivity index (χ0v) is 32.9. The van der Waals surface area contributed by atoms with Crippen molar-refractivity contribution in [2.75, 3.05) is 0 Å². The molecule has 49 heavy (non-hydrogen) atoms. The molecule has 0 radical (unpaired) electrons. The van der Waals surface area contributed by atoms with Gasteiger partial charge in [0.25, 0.3) is 0 Å². The lowest BCUT2D eigenvalue weighted by molar-refractivity contribution is -0.572. The van der Waals surface area contributed by atoms with Gasteiger partial charge in [0.1, 0.15) is 11.2 Å². The molecular weight excluding hydrogens is 616 g/mol. The summed E-state index contributed by atoms with van der Waals surface area (Å²) in [7, 11) is 0. The average Bonchev–Trinajstić information content (AvgIpc) is 2.96. The molecule has 0 bridgehead atoms. The van der Waals surface area contributed by atoms with Crippen molar-refractivity contribution in [2.45, 2.75) is 267 Å². The summed E-state index contributed by atoms with van der Waals surface area (Å²) >= 11 is 0. The van der Waals surface area contributed by atoms with Gasteiger partial charge in [-0.25, -0.2) is 0 Å². The number of hydrogen-bond acceptors (Lipinski definition) is 7. The standard InChI is InChI=1S/C42H74O7/c1-9-11-13-15-17-19-21-23-37(25-31(3)43-37)39(27-33(5)45-39)41(29-35(7)47-41)49-42(30-36(8)48-42)40(28-34(6)46-40)38(26-32(4)44-38)24-22-20-18-16-14-12-10-2/h31-36H,9-30H2,1-8H3. The molecule has 0 N–H and O–H groups in total. The van der Waals surface area contributed by atoms with Crippen LogP contribution in [0.5, 0.6) is 0 Å². The first kappa shape index (κ1) is 38.4. The maximum atomic E-state index is 7.67. The van der Waals surface area contributed by atoms with E-state index < -0.39 is 34.0 Å². The highest BCUT2D eigenvalue weighted by Gasteiger charge is 2.83. The Morgan fingerprint density at radius 3 is 0.918 bits per heavy atom. The first-order chi connectivity index (χ1) is 23.4. The second-order valence-electron chi connectivity index (χ2n) is 17.8. The van der Waals surface area contributed by atoms with Crippen molar-refractivity contribution in [1.82, 2.24) is 0 Å². The molecule has 0 saturated carbocycles. The van der Waals surface area contributed by atoms with Crippen LogP contribution in [0, 0.1) is 0 Å². The molecule has 0 aromatic heterocycles. The number of unbranched alkanes of at least 4 members (excludes halogenated alkanes) is 12. The van der Waals surface area contributed by atoms with E-state index in [-0.39, 0.29) is 36.6 Å². The van der Waals surface area contributed by atoms with Gasteiger partial charge in [0.2, 0.25) is 11.6 Å². The van der Waals surface area contributed by atoms with Crippen molar-refractivity contribution < 1.29 is 33.2 Å². The molecule has 0 aromatic carbocycles. The molecule has 12 unspecified atom stereocenters. The molecular formula is C42H74O7. The number of ether oxygens (including phenoxy) is 7. The molecule has 7 heteroatoms. The SMILES string of the molecule is CCCCCCCCCC1(C2(C3(OC4(C5(C6(CCCCCCCCC)CC(C)O6)CC(C)O5)CC(C)O4)CC(C)O3)CC(C)O2)CC(C)O1. The van der Waals surface area contributed by atoms with Gasteiger partial charge in [0.15, 0.2) is 11.2 Å². The summed E-state index contributed by atoms with van der Waals surface area (Å²) in [5.74, 6) is -1.91. The molecule has 284 valence electrons. The summed E-state index contributed by atoms with van der Waals surface area (Å²) < 4.78 is 49.5. The zero-order chi connectivity index (χ0) is 35.0. The Kier molecular flexibility index (Phi) is 11.9. The molecule has 6 heterocycles. The van der Waals surface area contributed by atoms with Crippen molar-refractivity contribution in [3.05, 3.63) is 0 Å². The Hall–Kier alpha value is -0.280. The smallest absolute Gasteiger partial charge is 0.206 e. The van der Waals surface area contributed by atoms with Crippen molar-refractivity contribution in [2.24, 2.45) is 0 Å². The van der Waals surface area contributed by atoms with Crippen LogP contribution in [0.1, 0.15) is 197 Å². The van der Waals surface area contributed by atoms with E-state index in [4.69, 9.17) is 33.2 Å². The molecule has 0 amide bonds. The van der Waals surface area contributed by atoms with Crippen molar-refractivity contribution >= 4 is 0 Å². The molecule has 6 aliphatic rings. The minimum atomic E-state index is -0.953. The average molecular weight is 691 g/mol. The molecule has 6 fully saturated rings. The Morgan fingerprint density at radius 1 is 0.388 bits per heavy atom. The third-order valence-corrected chi connectivity index (χ3v) is 13.3. The summed E-state index contributed by atoms with van der Waals surface area (Å²) in [6.07, 6.45) is 25.9. The monoisotopic (exact) mass is 691 g/mol. The second-order valence-corrected chi connectivity index (χ2v) is 17.8. The molecule has 0 aliphatic carbocycles. The largest absolute Gasteiger partial charge is 0.369 e. The van der Waals surface area contributed by atoms with E-state index in [1.165, 1.54) is 77.0 Å². The molecule has 0 spiro atoms. The van der Waals surface area contributed by atoms with Gasteiger partial charge in [0, 0.05) is 38.5 Å². The van der Waals surface area contributed by atoms with Crippen LogP contribution in [0.2, 0.25) is 0 Å². The minimum absolute atomic E-state index is 0.0814. The lowest BCUT2D eigenvalue weighted by Crippen LogP contribution is -2.89. The fourth-order valence-electron chi connectivity index (χ4n) is 11.4. The molecule has 6 saturated heterocycles. The predicted octanol–water partition coefficient (Wildman–Crippen LogP) is 10.5. The Labute approximate surface area is 299 Å². The quantitative estimate of drug-likeness (QED) is 0.105. The first-order valence-corrected chi connectivity index (χ1v) is 21.2. The normalized spacial score (nSPS) is 47.3. The molecule has 7 nitrogen and oxygen atoms in total. The Balaban J connectivity index is 1.25. The van der Waals surface area contributed by atoms with Crippen LogP contribution in [0.15, 0.2) is 0 Å². The topological polar surface area (TPSA) is 64.6 Å². The van der Waals surface area contributed by atoms with Gasteiger partial charge >= 0.3 is 0 Å². The van der Waals surface area contributed by atoms with E-state index >= 15 is 0 Å². The number of rotatable bonds is 22. The van der Waals surface area contributed by atoms with Crippen LogP contribution < -0.4 is 0 Å². The lowest BCUT2D eigenvalue weighted by Gasteiger charge is -2.75. The summed E-state index contributed by atoms with van der Waals surface area (Å²) in [6, 6.07) is 0. The van der Waals surface area contributed by atoms with E-state index in [9.17, 15) is 0 Å². The third kappa shape index (κ3) is 6.73. The van der Waals surface area contributed by atoms with E-state index in [2.05, 4.69) is 55.4 Å². The predicted molar refractivity (Wildman–Crippen MR) is 194 cm³/mol. The summed E-state index contributed by atoms with van der Waals surface area (Å²) in [5.41, 5.74) is -2.19. The first-order valence-electron chi connectivity index (χ1n) is 21.2. The van der Waals surface area contributed by atoms with Crippen molar-refractivity contribution in [3.8, 4) is 0 Å². The number of hydrogen-bond donors (Lipinski definition) is 0.